The highest BCUT2D eigenvalue weighted by molar-refractivity contribution is 7.93. The minimum Gasteiger partial charge on any atom is -0.366 e. The van der Waals surface area contributed by atoms with Gasteiger partial charge in [0, 0.05) is 32.4 Å². The Morgan fingerprint density at radius 1 is 1.17 bits per heavy atom. The van der Waals surface area contributed by atoms with Crippen LogP contribution in [0.4, 0.5) is 11.5 Å². The van der Waals surface area contributed by atoms with Crippen molar-refractivity contribution in [3.63, 3.8) is 0 Å². The number of sulfonamides is 1. The largest absolute Gasteiger partial charge is 0.366 e. The molecule has 30 heavy (non-hydrogen) atoms. The summed E-state index contributed by atoms with van der Waals surface area (Å²) in [6.07, 6.45) is 4.39. The molecule has 2 fully saturated rings. The van der Waals surface area contributed by atoms with E-state index in [0.717, 1.165) is 31.5 Å². The Morgan fingerprint density at radius 2 is 1.97 bits per heavy atom. The third kappa shape index (κ3) is 4.59. The number of nitrogens with one attached hydrogen (secondary N) is 1. The first kappa shape index (κ1) is 20.7. The normalized spacial score (nSPS) is 19.1. The molecule has 0 spiro atoms. The topological polar surface area (TPSA) is 82.6 Å². The molecule has 4 rings (SSSR count). The number of hydrogen-bond donors (Lipinski definition) is 1. The number of nitrogens with zero attached hydrogens (tertiary/aromatic N) is 3. The van der Waals surface area contributed by atoms with E-state index in [-0.39, 0.29) is 11.7 Å². The molecule has 0 unspecified atom stereocenters. The van der Waals surface area contributed by atoms with Gasteiger partial charge < -0.3 is 10.2 Å². The van der Waals surface area contributed by atoms with E-state index in [1.165, 1.54) is 4.31 Å². The number of pyridine rings is 1. The Kier molecular flexibility index (Phi) is 5.94. The summed E-state index contributed by atoms with van der Waals surface area (Å²) < 4.78 is 25.8. The van der Waals surface area contributed by atoms with Crippen molar-refractivity contribution in [3.8, 4) is 0 Å². The van der Waals surface area contributed by atoms with Crippen molar-refractivity contribution >= 4 is 27.4 Å². The fourth-order valence-electron chi connectivity index (χ4n) is 3.96. The second-order valence-electron chi connectivity index (χ2n) is 8.17. The summed E-state index contributed by atoms with van der Waals surface area (Å²) in [5.41, 5.74) is 2.28. The molecule has 160 valence electrons. The summed E-state index contributed by atoms with van der Waals surface area (Å²) in [5, 5.41) is 3.25. The van der Waals surface area contributed by atoms with Gasteiger partial charge in [-0.15, -0.1) is 0 Å². The molecule has 2 aliphatic rings. The number of hydrogen-bond acceptors (Lipinski definition) is 5. The van der Waals surface area contributed by atoms with Crippen molar-refractivity contribution in [2.24, 2.45) is 5.92 Å². The number of amides is 1. The average molecular weight is 429 g/mol. The maximum absolute atomic E-state index is 12.6. The SMILES string of the molecule is CC1CCN(C(=O)c2ccc(NCc3cccc(N4CCCS4(=O)=O)c3)nc2)CC1. The molecule has 2 aliphatic heterocycles. The molecular formula is C22H28N4O3S. The second-order valence-corrected chi connectivity index (χ2v) is 10.2. The number of benzene rings is 1. The van der Waals surface area contributed by atoms with Gasteiger partial charge in [0.1, 0.15) is 5.82 Å². The van der Waals surface area contributed by atoms with Gasteiger partial charge in [0.15, 0.2) is 0 Å². The fraction of sp³-hybridized carbons (Fsp3) is 0.455. The highest BCUT2D eigenvalue weighted by Crippen LogP contribution is 2.25. The molecule has 0 radical (unpaired) electrons. The Morgan fingerprint density at radius 3 is 2.63 bits per heavy atom. The van der Waals surface area contributed by atoms with Gasteiger partial charge in [0.05, 0.1) is 17.0 Å². The average Bonchev–Trinajstić information content (AvgIpc) is 3.12. The first-order chi connectivity index (χ1) is 14.4. The van der Waals surface area contributed by atoms with Crippen LogP contribution in [-0.4, -0.2) is 49.6 Å². The third-order valence-electron chi connectivity index (χ3n) is 5.85. The highest BCUT2D eigenvalue weighted by atomic mass is 32.2. The van der Waals surface area contributed by atoms with Gasteiger partial charge in [-0.3, -0.25) is 9.10 Å². The third-order valence-corrected chi connectivity index (χ3v) is 7.72. The number of piperidine rings is 1. The van der Waals surface area contributed by atoms with Crippen molar-refractivity contribution < 1.29 is 13.2 Å². The van der Waals surface area contributed by atoms with Gasteiger partial charge in [0.25, 0.3) is 5.91 Å². The molecule has 0 saturated carbocycles. The van der Waals surface area contributed by atoms with Crippen LogP contribution in [0.5, 0.6) is 0 Å². The smallest absolute Gasteiger partial charge is 0.255 e. The number of carbonyl (C=O) groups is 1. The Labute approximate surface area is 178 Å². The molecule has 8 heteroatoms. The number of carbonyl (C=O) groups excluding carboxylic acids is 1. The van der Waals surface area contributed by atoms with E-state index in [4.69, 9.17) is 0 Å². The van der Waals surface area contributed by atoms with E-state index < -0.39 is 10.0 Å². The molecule has 7 nitrogen and oxygen atoms in total. The molecule has 3 heterocycles. The zero-order chi connectivity index (χ0) is 21.1. The first-order valence-electron chi connectivity index (χ1n) is 10.5. The molecule has 0 aliphatic carbocycles. The van der Waals surface area contributed by atoms with Gasteiger partial charge in [0.2, 0.25) is 10.0 Å². The maximum atomic E-state index is 12.6. The molecule has 1 amide bonds. The first-order valence-corrected chi connectivity index (χ1v) is 12.1. The lowest BCUT2D eigenvalue weighted by Crippen LogP contribution is -2.37. The van der Waals surface area contributed by atoms with Gasteiger partial charge in [-0.05, 0) is 55.0 Å². The monoisotopic (exact) mass is 428 g/mol. The zero-order valence-corrected chi connectivity index (χ0v) is 18.1. The maximum Gasteiger partial charge on any atom is 0.255 e. The summed E-state index contributed by atoms with van der Waals surface area (Å²) in [6, 6.07) is 11.2. The lowest BCUT2D eigenvalue weighted by molar-refractivity contribution is 0.0697. The van der Waals surface area contributed by atoms with Crippen LogP contribution in [0.15, 0.2) is 42.6 Å². The quantitative estimate of drug-likeness (QED) is 0.791. The zero-order valence-electron chi connectivity index (χ0n) is 17.3. The van der Waals surface area contributed by atoms with E-state index in [9.17, 15) is 13.2 Å². The van der Waals surface area contributed by atoms with Crippen LogP contribution in [0.1, 0.15) is 42.1 Å². The van der Waals surface area contributed by atoms with E-state index in [2.05, 4.69) is 17.2 Å². The minimum absolute atomic E-state index is 0.0421. The second kappa shape index (κ2) is 8.63. The van der Waals surface area contributed by atoms with Crippen LogP contribution in [0.25, 0.3) is 0 Å². The summed E-state index contributed by atoms with van der Waals surface area (Å²) in [7, 11) is -3.18. The summed E-state index contributed by atoms with van der Waals surface area (Å²) in [5.74, 6) is 1.61. The molecule has 0 atom stereocenters. The molecule has 0 bridgehead atoms. The van der Waals surface area contributed by atoms with Crippen LogP contribution in [0.2, 0.25) is 0 Å². The highest BCUT2D eigenvalue weighted by Gasteiger charge is 2.28. The minimum atomic E-state index is -3.18. The summed E-state index contributed by atoms with van der Waals surface area (Å²) in [4.78, 5) is 18.9. The fourth-order valence-corrected chi connectivity index (χ4v) is 5.52. The van der Waals surface area contributed by atoms with Gasteiger partial charge in [-0.25, -0.2) is 13.4 Å². The van der Waals surface area contributed by atoms with Crippen molar-refractivity contribution in [2.45, 2.75) is 32.7 Å². The Balaban J connectivity index is 1.37. The van der Waals surface area contributed by atoms with Crippen molar-refractivity contribution in [2.75, 3.05) is 35.0 Å². The molecule has 2 aromatic rings. The number of anilines is 2. The van der Waals surface area contributed by atoms with Gasteiger partial charge in [-0.2, -0.15) is 0 Å². The van der Waals surface area contributed by atoms with E-state index >= 15 is 0 Å². The lowest BCUT2D eigenvalue weighted by atomic mass is 9.99. The Hall–Kier alpha value is -2.61. The van der Waals surface area contributed by atoms with Crippen LogP contribution in [-0.2, 0) is 16.6 Å². The Bertz CT molecular complexity index is 999. The molecule has 1 aromatic heterocycles. The lowest BCUT2D eigenvalue weighted by Gasteiger charge is -2.30. The van der Waals surface area contributed by atoms with E-state index in [1.54, 1.807) is 6.20 Å². The molecule has 1 aromatic carbocycles. The molecule has 2 saturated heterocycles. The van der Waals surface area contributed by atoms with Crippen LogP contribution >= 0.6 is 0 Å². The predicted octanol–water partition coefficient (Wildman–Crippen LogP) is 3.11. The van der Waals surface area contributed by atoms with Gasteiger partial charge in [-0.1, -0.05) is 19.1 Å². The van der Waals surface area contributed by atoms with E-state index in [1.807, 2.05) is 41.3 Å². The van der Waals surface area contributed by atoms with Crippen LogP contribution < -0.4 is 9.62 Å². The van der Waals surface area contributed by atoms with Gasteiger partial charge >= 0.3 is 0 Å². The number of likely N-dealkylation sites (tertiary alicyclic amines) is 1. The molecule has 1 N–H and O–H groups in total. The van der Waals surface area contributed by atoms with Crippen LogP contribution in [0.3, 0.4) is 0 Å². The van der Waals surface area contributed by atoms with Crippen molar-refractivity contribution in [1.29, 1.82) is 0 Å². The van der Waals surface area contributed by atoms with Crippen LogP contribution in [0, 0.1) is 5.92 Å². The van der Waals surface area contributed by atoms with Crippen molar-refractivity contribution in [1.82, 2.24) is 9.88 Å². The molecular weight excluding hydrogens is 400 g/mol. The predicted molar refractivity (Wildman–Crippen MR) is 118 cm³/mol. The summed E-state index contributed by atoms with van der Waals surface area (Å²) >= 11 is 0. The number of rotatable bonds is 5. The van der Waals surface area contributed by atoms with E-state index in [0.29, 0.717) is 42.5 Å². The number of aromatic nitrogens is 1. The standard InChI is InChI=1S/C22H28N4O3S/c1-17-8-11-25(12-9-17)22(27)19-6-7-21(24-16-19)23-15-18-4-2-5-20(14-18)26-10-3-13-30(26,28)29/h2,4-7,14,16-17H,3,8-13,15H2,1H3,(H,23,24). The van der Waals surface area contributed by atoms with Crippen molar-refractivity contribution in [3.05, 3.63) is 53.7 Å². The summed E-state index contributed by atoms with van der Waals surface area (Å²) in [6.45, 7) is 4.90.